The average Bonchev–Trinajstić information content (AvgIpc) is 2.46. The lowest BCUT2D eigenvalue weighted by molar-refractivity contribution is 0.698. The minimum Gasteiger partial charge on any atom is -0.344 e. The van der Waals surface area contributed by atoms with E-state index in [2.05, 4.69) is 75.2 Å². The van der Waals surface area contributed by atoms with E-state index in [1.807, 2.05) is 0 Å². The molecule has 106 valence electrons. The molecule has 2 N–H and O–H groups in total. The Labute approximate surface area is 122 Å². The molecule has 0 spiro atoms. The lowest BCUT2D eigenvalue weighted by atomic mass is 10.0. The fourth-order valence-corrected chi connectivity index (χ4v) is 2.64. The Morgan fingerprint density at radius 3 is 2.40 bits per heavy atom. The van der Waals surface area contributed by atoms with E-state index in [9.17, 15) is 0 Å². The van der Waals surface area contributed by atoms with E-state index in [1.54, 1.807) is 0 Å². The minimum absolute atomic E-state index is 0.0828. The molecule has 0 fully saturated rings. The van der Waals surface area contributed by atoms with Gasteiger partial charge in [-0.05, 0) is 43.5 Å². The van der Waals surface area contributed by atoms with Crippen LogP contribution in [0.4, 0.5) is 11.4 Å². The van der Waals surface area contributed by atoms with Gasteiger partial charge in [-0.2, -0.15) is 0 Å². The van der Waals surface area contributed by atoms with Gasteiger partial charge < -0.3 is 10.6 Å². The number of para-hydroxylation sites is 1. The highest BCUT2D eigenvalue weighted by atomic mass is 15.1. The summed E-state index contributed by atoms with van der Waals surface area (Å²) < 4.78 is 0. The van der Waals surface area contributed by atoms with Crippen molar-refractivity contribution in [2.45, 2.75) is 33.2 Å². The molecule has 2 aromatic rings. The Kier molecular flexibility index (Phi) is 4.46. The van der Waals surface area contributed by atoms with Crippen molar-refractivity contribution >= 4 is 11.4 Å². The SMILES string of the molecule is CC[C@@H](N)c1ccccc1N(C)c1ccc(C)cc1C. The number of anilines is 2. The Hall–Kier alpha value is -1.80. The second kappa shape index (κ2) is 6.10. The summed E-state index contributed by atoms with van der Waals surface area (Å²) in [6.07, 6.45) is 0.942. The molecule has 2 heteroatoms. The maximum Gasteiger partial charge on any atom is 0.0456 e. The highest BCUT2D eigenvalue weighted by Crippen LogP contribution is 2.32. The first-order chi connectivity index (χ1) is 9.54. The average molecular weight is 268 g/mol. The molecule has 0 radical (unpaired) electrons. The third-order valence-corrected chi connectivity index (χ3v) is 3.85. The molecule has 20 heavy (non-hydrogen) atoms. The molecule has 0 aliphatic rings. The van der Waals surface area contributed by atoms with Crippen LogP contribution in [0.25, 0.3) is 0 Å². The second-order valence-corrected chi connectivity index (χ2v) is 5.42. The fourth-order valence-electron chi connectivity index (χ4n) is 2.64. The van der Waals surface area contributed by atoms with Gasteiger partial charge in [0.25, 0.3) is 0 Å². The third-order valence-electron chi connectivity index (χ3n) is 3.85. The smallest absolute Gasteiger partial charge is 0.0456 e. The lowest BCUT2D eigenvalue weighted by Crippen LogP contribution is -2.17. The molecule has 0 aliphatic heterocycles. The van der Waals surface area contributed by atoms with Gasteiger partial charge in [0.05, 0.1) is 0 Å². The van der Waals surface area contributed by atoms with E-state index in [0.717, 1.165) is 6.42 Å². The van der Waals surface area contributed by atoms with Crippen molar-refractivity contribution < 1.29 is 0 Å². The number of rotatable bonds is 4. The van der Waals surface area contributed by atoms with Gasteiger partial charge >= 0.3 is 0 Å². The summed E-state index contributed by atoms with van der Waals surface area (Å²) in [6, 6.07) is 15.0. The summed E-state index contributed by atoms with van der Waals surface area (Å²) in [7, 11) is 2.11. The quantitative estimate of drug-likeness (QED) is 0.885. The number of hydrogen-bond acceptors (Lipinski definition) is 2. The molecule has 0 saturated heterocycles. The Morgan fingerprint density at radius 1 is 1.05 bits per heavy atom. The van der Waals surface area contributed by atoms with E-state index in [1.165, 1.54) is 28.1 Å². The fraction of sp³-hybridized carbons (Fsp3) is 0.333. The van der Waals surface area contributed by atoms with Gasteiger partial charge in [-0.15, -0.1) is 0 Å². The summed E-state index contributed by atoms with van der Waals surface area (Å²) in [5.74, 6) is 0. The third kappa shape index (κ3) is 2.86. The van der Waals surface area contributed by atoms with Crippen LogP contribution in [-0.4, -0.2) is 7.05 Å². The van der Waals surface area contributed by atoms with Gasteiger partial charge in [-0.3, -0.25) is 0 Å². The molecule has 0 saturated carbocycles. The van der Waals surface area contributed by atoms with Crippen LogP contribution in [0.1, 0.15) is 36.1 Å². The molecular formula is C18H24N2. The van der Waals surface area contributed by atoms with Crippen molar-refractivity contribution in [1.29, 1.82) is 0 Å². The maximum absolute atomic E-state index is 6.25. The molecular weight excluding hydrogens is 244 g/mol. The highest BCUT2D eigenvalue weighted by molar-refractivity contribution is 5.69. The molecule has 1 atom stereocenters. The van der Waals surface area contributed by atoms with E-state index in [-0.39, 0.29) is 6.04 Å². The molecule has 0 unspecified atom stereocenters. The maximum atomic E-state index is 6.25. The summed E-state index contributed by atoms with van der Waals surface area (Å²) in [4.78, 5) is 2.24. The van der Waals surface area contributed by atoms with Crippen LogP contribution in [0, 0.1) is 13.8 Å². The normalized spacial score (nSPS) is 12.2. The van der Waals surface area contributed by atoms with Gasteiger partial charge in [0.15, 0.2) is 0 Å². The first kappa shape index (κ1) is 14.6. The number of hydrogen-bond donors (Lipinski definition) is 1. The molecule has 0 bridgehead atoms. The summed E-state index contributed by atoms with van der Waals surface area (Å²) >= 11 is 0. The summed E-state index contributed by atoms with van der Waals surface area (Å²) in [5.41, 5.74) is 12.4. The Bertz CT molecular complexity index is 590. The van der Waals surface area contributed by atoms with Gasteiger partial charge in [0, 0.05) is 24.5 Å². The first-order valence-electron chi connectivity index (χ1n) is 7.20. The van der Waals surface area contributed by atoms with Crippen LogP contribution in [0.2, 0.25) is 0 Å². The van der Waals surface area contributed by atoms with E-state index >= 15 is 0 Å². The van der Waals surface area contributed by atoms with Crippen molar-refractivity contribution in [3.05, 3.63) is 59.2 Å². The van der Waals surface area contributed by atoms with Crippen LogP contribution >= 0.6 is 0 Å². The van der Waals surface area contributed by atoms with Gasteiger partial charge in [0.2, 0.25) is 0 Å². The number of nitrogens with zero attached hydrogens (tertiary/aromatic N) is 1. The zero-order valence-electron chi connectivity index (χ0n) is 12.9. The van der Waals surface area contributed by atoms with E-state index in [0.29, 0.717) is 0 Å². The standard InChI is InChI=1S/C18H24N2/c1-5-16(19)15-8-6-7-9-18(15)20(4)17-11-10-13(2)12-14(17)3/h6-12,16H,5,19H2,1-4H3/t16-/m1/s1. The minimum atomic E-state index is 0.0828. The molecule has 2 rings (SSSR count). The molecule has 2 nitrogen and oxygen atoms in total. The highest BCUT2D eigenvalue weighted by Gasteiger charge is 2.14. The summed E-state index contributed by atoms with van der Waals surface area (Å²) in [6.45, 7) is 6.40. The van der Waals surface area contributed by atoms with Gasteiger partial charge in [-0.1, -0.05) is 42.8 Å². The van der Waals surface area contributed by atoms with Crippen LogP contribution in [0.15, 0.2) is 42.5 Å². The van der Waals surface area contributed by atoms with Crippen molar-refractivity contribution in [2.75, 3.05) is 11.9 Å². The first-order valence-corrected chi connectivity index (χ1v) is 7.20. The Morgan fingerprint density at radius 2 is 1.75 bits per heavy atom. The van der Waals surface area contributed by atoms with Crippen molar-refractivity contribution in [2.24, 2.45) is 5.73 Å². The second-order valence-electron chi connectivity index (χ2n) is 5.42. The number of nitrogens with two attached hydrogens (primary N) is 1. The Balaban J connectivity index is 2.45. The zero-order chi connectivity index (χ0) is 14.7. The molecule has 0 heterocycles. The monoisotopic (exact) mass is 268 g/mol. The van der Waals surface area contributed by atoms with Crippen molar-refractivity contribution in [1.82, 2.24) is 0 Å². The molecule has 0 aromatic heterocycles. The van der Waals surface area contributed by atoms with Crippen LogP contribution in [-0.2, 0) is 0 Å². The number of benzene rings is 2. The van der Waals surface area contributed by atoms with Gasteiger partial charge in [-0.25, -0.2) is 0 Å². The van der Waals surface area contributed by atoms with Crippen LogP contribution in [0.3, 0.4) is 0 Å². The molecule has 2 aromatic carbocycles. The predicted molar refractivity (Wildman–Crippen MR) is 87.6 cm³/mol. The van der Waals surface area contributed by atoms with Crippen LogP contribution in [0.5, 0.6) is 0 Å². The largest absolute Gasteiger partial charge is 0.344 e. The predicted octanol–water partition coefficient (Wildman–Crippen LogP) is 4.48. The zero-order valence-corrected chi connectivity index (χ0v) is 12.9. The van der Waals surface area contributed by atoms with Crippen molar-refractivity contribution in [3.8, 4) is 0 Å². The lowest BCUT2D eigenvalue weighted by Gasteiger charge is -2.26. The molecule has 0 aliphatic carbocycles. The van der Waals surface area contributed by atoms with Crippen LogP contribution < -0.4 is 10.6 Å². The topological polar surface area (TPSA) is 29.3 Å². The van der Waals surface area contributed by atoms with Crippen molar-refractivity contribution in [3.63, 3.8) is 0 Å². The number of aryl methyl sites for hydroxylation is 2. The van der Waals surface area contributed by atoms with Gasteiger partial charge in [0.1, 0.15) is 0 Å². The molecule has 0 amide bonds. The van der Waals surface area contributed by atoms with E-state index < -0.39 is 0 Å². The van der Waals surface area contributed by atoms with E-state index in [4.69, 9.17) is 5.73 Å². The summed E-state index contributed by atoms with van der Waals surface area (Å²) in [5, 5.41) is 0.